The molecular weight excluding hydrogens is 210 g/mol. The number of nitrogens with two attached hydrogens (primary N) is 1. The summed E-state index contributed by atoms with van der Waals surface area (Å²) in [6, 6.07) is 8.49. The van der Waals surface area contributed by atoms with Gasteiger partial charge in [-0.15, -0.1) is 0 Å². The van der Waals surface area contributed by atoms with E-state index >= 15 is 0 Å². The van der Waals surface area contributed by atoms with Gasteiger partial charge in [0.25, 0.3) is 0 Å². The molecule has 0 radical (unpaired) electrons. The summed E-state index contributed by atoms with van der Waals surface area (Å²) in [7, 11) is -3.28. The minimum absolute atomic E-state index is 0.364. The van der Waals surface area contributed by atoms with Crippen molar-refractivity contribution in [2.24, 2.45) is 5.73 Å². The highest BCUT2D eigenvalue weighted by Gasteiger charge is 2.34. The molecule has 15 heavy (non-hydrogen) atoms. The minimum Gasteiger partial charge on any atom is -0.330 e. The molecule has 0 amide bonds. The zero-order valence-corrected chi connectivity index (χ0v) is 9.92. The summed E-state index contributed by atoms with van der Waals surface area (Å²) < 4.78 is 23.6. The van der Waals surface area contributed by atoms with Gasteiger partial charge in [0.15, 0.2) is 9.84 Å². The Balaban J connectivity index is 3.14. The first kappa shape index (κ1) is 12.2. The van der Waals surface area contributed by atoms with E-state index in [-0.39, 0.29) is 0 Å². The Bertz CT molecular complexity index is 409. The van der Waals surface area contributed by atoms with Crippen LogP contribution in [0.25, 0.3) is 0 Å². The molecule has 2 N–H and O–H groups in total. The van der Waals surface area contributed by atoms with Crippen molar-refractivity contribution in [1.29, 1.82) is 0 Å². The Morgan fingerprint density at radius 1 is 1.20 bits per heavy atom. The molecule has 1 aromatic carbocycles. The summed E-state index contributed by atoms with van der Waals surface area (Å²) in [4.78, 5) is 0.364. The van der Waals surface area contributed by atoms with Gasteiger partial charge < -0.3 is 5.73 Å². The smallest absolute Gasteiger partial charge is 0.183 e. The maximum atomic E-state index is 12.2. The number of benzene rings is 1. The molecule has 1 aromatic rings. The van der Waals surface area contributed by atoms with Crippen molar-refractivity contribution in [1.82, 2.24) is 0 Å². The highest BCUT2D eigenvalue weighted by molar-refractivity contribution is 7.92. The van der Waals surface area contributed by atoms with E-state index in [1.54, 1.807) is 44.2 Å². The monoisotopic (exact) mass is 227 g/mol. The lowest BCUT2D eigenvalue weighted by Gasteiger charge is -2.24. The zero-order chi connectivity index (χ0) is 11.5. The Hall–Kier alpha value is -0.870. The predicted octanol–water partition coefficient (Wildman–Crippen LogP) is 1.59. The third-order valence-electron chi connectivity index (χ3n) is 2.53. The number of hydrogen-bond donors (Lipinski definition) is 1. The topological polar surface area (TPSA) is 60.2 Å². The van der Waals surface area contributed by atoms with Crippen LogP contribution in [0.5, 0.6) is 0 Å². The number of hydrogen-bond acceptors (Lipinski definition) is 3. The lowest BCUT2D eigenvalue weighted by Crippen LogP contribution is -2.34. The van der Waals surface area contributed by atoms with Crippen LogP contribution < -0.4 is 5.73 Å². The van der Waals surface area contributed by atoms with Crippen LogP contribution in [-0.2, 0) is 9.84 Å². The summed E-state index contributed by atoms with van der Waals surface area (Å²) in [5.41, 5.74) is 5.42. The molecule has 0 unspecified atom stereocenters. The molecule has 0 aliphatic heterocycles. The minimum atomic E-state index is -3.28. The van der Waals surface area contributed by atoms with Gasteiger partial charge in [0.2, 0.25) is 0 Å². The maximum Gasteiger partial charge on any atom is 0.183 e. The largest absolute Gasteiger partial charge is 0.330 e. The third kappa shape index (κ3) is 2.38. The summed E-state index contributed by atoms with van der Waals surface area (Å²) in [6.45, 7) is 3.80. The van der Waals surface area contributed by atoms with Gasteiger partial charge in [-0.2, -0.15) is 0 Å². The van der Waals surface area contributed by atoms with E-state index in [2.05, 4.69) is 0 Å². The van der Waals surface area contributed by atoms with Gasteiger partial charge in [-0.1, -0.05) is 18.2 Å². The van der Waals surface area contributed by atoms with Crippen LogP contribution in [0.4, 0.5) is 0 Å². The van der Waals surface area contributed by atoms with Crippen molar-refractivity contribution < 1.29 is 8.42 Å². The van der Waals surface area contributed by atoms with Crippen molar-refractivity contribution in [2.75, 3.05) is 6.54 Å². The highest BCUT2D eigenvalue weighted by Crippen LogP contribution is 2.27. The molecule has 0 saturated carbocycles. The molecule has 0 atom stereocenters. The van der Waals surface area contributed by atoms with Crippen molar-refractivity contribution in [2.45, 2.75) is 29.9 Å². The molecule has 0 bridgehead atoms. The molecule has 0 aliphatic rings. The molecule has 0 saturated heterocycles. The first-order valence-electron chi connectivity index (χ1n) is 4.91. The SMILES string of the molecule is CC(C)(CCN)S(=O)(=O)c1ccccc1. The lowest BCUT2D eigenvalue weighted by atomic mass is 10.1. The number of sulfone groups is 1. The van der Waals surface area contributed by atoms with Crippen LogP contribution in [0, 0.1) is 0 Å². The quantitative estimate of drug-likeness (QED) is 0.849. The lowest BCUT2D eigenvalue weighted by molar-refractivity contribution is 0.530. The Kier molecular flexibility index (Phi) is 3.52. The molecular formula is C11H17NO2S. The fraction of sp³-hybridized carbons (Fsp3) is 0.455. The van der Waals surface area contributed by atoms with Crippen molar-refractivity contribution in [3.05, 3.63) is 30.3 Å². The van der Waals surface area contributed by atoms with E-state index < -0.39 is 14.6 Å². The summed E-state index contributed by atoms with van der Waals surface area (Å²) >= 11 is 0. The van der Waals surface area contributed by atoms with E-state index in [0.29, 0.717) is 17.9 Å². The molecule has 0 heterocycles. The second kappa shape index (κ2) is 4.33. The second-order valence-electron chi connectivity index (χ2n) is 4.11. The van der Waals surface area contributed by atoms with Crippen LogP contribution >= 0.6 is 0 Å². The average molecular weight is 227 g/mol. The predicted molar refractivity (Wildman–Crippen MR) is 61.4 cm³/mol. The van der Waals surface area contributed by atoms with Gasteiger partial charge >= 0.3 is 0 Å². The van der Waals surface area contributed by atoms with E-state index in [4.69, 9.17) is 5.73 Å². The van der Waals surface area contributed by atoms with E-state index in [1.165, 1.54) is 0 Å². The van der Waals surface area contributed by atoms with E-state index in [0.717, 1.165) is 0 Å². The van der Waals surface area contributed by atoms with Crippen LogP contribution in [0.2, 0.25) is 0 Å². The maximum absolute atomic E-state index is 12.2. The third-order valence-corrected chi connectivity index (χ3v) is 5.08. The van der Waals surface area contributed by atoms with Crippen LogP contribution in [-0.4, -0.2) is 19.7 Å². The molecule has 3 nitrogen and oxygen atoms in total. The summed E-state index contributed by atoms with van der Waals surface area (Å²) in [5, 5.41) is 0. The van der Waals surface area contributed by atoms with Gasteiger partial charge in [-0.05, 0) is 38.9 Å². The molecule has 84 valence electrons. The van der Waals surface area contributed by atoms with Crippen molar-refractivity contribution >= 4 is 9.84 Å². The fourth-order valence-electron chi connectivity index (χ4n) is 1.40. The summed E-state index contributed by atoms with van der Waals surface area (Å²) in [5.74, 6) is 0. The van der Waals surface area contributed by atoms with Crippen molar-refractivity contribution in [3.8, 4) is 0 Å². The fourth-order valence-corrected chi connectivity index (χ4v) is 2.94. The molecule has 1 rings (SSSR count). The molecule has 0 aliphatic carbocycles. The van der Waals surface area contributed by atoms with E-state index in [1.807, 2.05) is 0 Å². The first-order chi connectivity index (χ1) is 6.92. The molecule has 0 spiro atoms. The van der Waals surface area contributed by atoms with E-state index in [9.17, 15) is 8.42 Å². The second-order valence-corrected chi connectivity index (χ2v) is 6.70. The normalized spacial score (nSPS) is 12.7. The van der Waals surface area contributed by atoms with Crippen LogP contribution in [0.3, 0.4) is 0 Å². The van der Waals surface area contributed by atoms with Gasteiger partial charge in [0.05, 0.1) is 9.64 Å². The van der Waals surface area contributed by atoms with Gasteiger partial charge in [-0.3, -0.25) is 0 Å². The number of rotatable bonds is 4. The summed E-state index contributed by atoms with van der Waals surface area (Å²) in [6.07, 6.45) is 0.463. The van der Waals surface area contributed by atoms with Gasteiger partial charge in [0, 0.05) is 0 Å². The van der Waals surface area contributed by atoms with Gasteiger partial charge in [0.1, 0.15) is 0 Å². The standard InChI is InChI=1S/C11H17NO2S/c1-11(2,8-9-12)15(13,14)10-6-4-3-5-7-10/h3-7H,8-9,12H2,1-2H3. The average Bonchev–Trinajstić information content (AvgIpc) is 2.19. The zero-order valence-electron chi connectivity index (χ0n) is 9.10. The first-order valence-corrected chi connectivity index (χ1v) is 6.40. The van der Waals surface area contributed by atoms with Crippen LogP contribution in [0.1, 0.15) is 20.3 Å². The molecule has 0 fully saturated rings. The Labute approximate surface area is 91.2 Å². The molecule has 4 heteroatoms. The van der Waals surface area contributed by atoms with Crippen molar-refractivity contribution in [3.63, 3.8) is 0 Å². The highest BCUT2D eigenvalue weighted by atomic mass is 32.2. The Morgan fingerprint density at radius 2 is 1.73 bits per heavy atom. The van der Waals surface area contributed by atoms with Gasteiger partial charge in [-0.25, -0.2) is 8.42 Å². The molecule has 0 aromatic heterocycles. The van der Waals surface area contributed by atoms with Crippen LogP contribution in [0.15, 0.2) is 35.2 Å². The Morgan fingerprint density at radius 3 is 2.20 bits per heavy atom.